The first kappa shape index (κ1) is 21.0. The lowest BCUT2D eigenvalue weighted by molar-refractivity contribution is -0.129. The van der Waals surface area contributed by atoms with Gasteiger partial charge in [0.05, 0.1) is 20.5 Å². The Kier molecular flexibility index (Phi) is 6.75. The third-order valence-electron chi connectivity index (χ3n) is 4.50. The van der Waals surface area contributed by atoms with Crippen molar-refractivity contribution in [1.29, 1.82) is 0 Å². The Hall–Kier alpha value is -3.74. The van der Waals surface area contributed by atoms with Crippen molar-refractivity contribution in [2.45, 2.75) is 19.6 Å². The summed E-state index contributed by atoms with van der Waals surface area (Å²) in [4.78, 5) is 24.9. The number of hydrogen-bond donors (Lipinski definition) is 1. The molecule has 0 aliphatic rings. The van der Waals surface area contributed by atoms with Gasteiger partial charge in [-0.2, -0.15) is 0 Å². The van der Waals surface area contributed by atoms with Gasteiger partial charge in [-0.15, -0.1) is 0 Å². The normalized spacial score (nSPS) is 11.4. The molecule has 156 valence electrons. The zero-order valence-corrected chi connectivity index (χ0v) is 17.0. The number of carbonyl (C=O) groups excluding carboxylic acids is 2. The van der Waals surface area contributed by atoms with Gasteiger partial charge in [-0.25, -0.2) is 4.79 Å². The van der Waals surface area contributed by atoms with Gasteiger partial charge in [0.1, 0.15) is 0 Å². The zero-order chi connectivity index (χ0) is 21.5. The van der Waals surface area contributed by atoms with Crippen molar-refractivity contribution in [1.82, 2.24) is 5.32 Å². The van der Waals surface area contributed by atoms with Gasteiger partial charge in [0.25, 0.3) is 5.91 Å². The third-order valence-corrected chi connectivity index (χ3v) is 4.50. The summed E-state index contributed by atoms with van der Waals surface area (Å²) >= 11 is 0. The summed E-state index contributed by atoms with van der Waals surface area (Å²) in [5.74, 6) is 0.0943. The van der Waals surface area contributed by atoms with Gasteiger partial charge in [-0.3, -0.25) is 4.79 Å². The maximum absolute atomic E-state index is 12.5. The van der Waals surface area contributed by atoms with E-state index in [2.05, 4.69) is 5.32 Å². The van der Waals surface area contributed by atoms with Crippen LogP contribution < -0.4 is 14.8 Å². The molecule has 0 bridgehead atoms. The molecule has 2 aromatic carbocycles. The molecule has 0 saturated carbocycles. The molecule has 3 aromatic rings. The molecule has 3 rings (SSSR count). The lowest BCUT2D eigenvalue weighted by Gasteiger charge is -2.14. The van der Waals surface area contributed by atoms with E-state index >= 15 is 0 Å². The average Bonchev–Trinajstić information content (AvgIpc) is 3.28. The van der Waals surface area contributed by atoms with Gasteiger partial charge < -0.3 is 23.9 Å². The fraction of sp³-hybridized carbons (Fsp3) is 0.217. The van der Waals surface area contributed by atoms with Gasteiger partial charge >= 0.3 is 5.97 Å². The first-order chi connectivity index (χ1) is 14.5. The largest absolute Gasteiger partial charge is 0.493 e. The maximum atomic E-state index is 12.5. The zero-order valence-electron chi connectivity index (χ0n) is 17.0. The molecule has 0 fully saturated rings. The molecule has 0 aliphatic heterocycles. The number of carbonyl (C=O) groups is 2. The van der Waals surface area contributed by atoms with Gasteiger partial charge in [0, 0.05) is 12.1 Å². The van der Waals surface area contributed by atoms with Crippen molar-refractivity contribution in [3.63, 3.8) is 0 Å². The van der Waals surface area contributed by atoms with E-state index in [0.717, 1.165) is 11.1 Å². The van der Waals surface area contributed by atoms with Crippen LogP contribution >= 0.6 is 0 Å². The quantitative estimate of drug-likeness (QED) is 0.569. The van der Waals surface area contributed by atoms with E-state index in [-0.39, 0.29) is 12.3 Å². The highest BCUT2D eigenvalue weighted by Crippen LogP contribution is 2.28. The van der Waals surface area contributed by atoms with Crippen molar-refractivity contribution in [3.05, 3.63) is 72.2 Å². The van der Waals surface area contributed by atoms with E-state index in [9.17, 15) is 9.59 Å². The standard InChI is InChI=1S/C23H23NO6/c1-15(22(25)24-14-16-9-10-19(27-2)20(13-16)28-3)30-23(26)21-18(11-12-29-21)17-7-5-4-6-8-17/h4-13,15H,14H2,1-3H3,(H,24,25)/t15-/m1/s1. The minimum absolute atomic E-state index is 0.0562. The van der Waals surface area contributed by atoms with Crippen LogP contribution in [0.2, 0.25) is 0 Å². The van der Waals surface area contributed by atoms with Crippen LogP contribution in [0.15, 0.2) is 65.3 Å². The Morgan fingerprint density at radius 1 is 1.00 bits per heavy atom. The monoisotopic (exact) mass is 409 g/mol. The number of amides is 1. The van der Waals surface area contributed by atoms with Crippen LogP contribution in [0.3, 0.4) is 0 Å². The van der Waals surface area contributed by atoms with E-state index < -0.39 is 18.0 Å². The van der Waals surface area contributed by atoms with Crippen LogP contribution in [0.25, 0.3) is 11.1 Å². The predicted octanol–water partition coefficient (Wildman–Crippen LogP) is 3.83. The predicted molar refractivity (Wildman–Crippen MR) is 110 cm³/mol. The molecule has 0 saturated heterocycles. The highest BCUT2D eigenvalue weighted by Gasteiger charge is 2.23. The van der Waals surface area contributed by atoms with Crippen molar-refractivity contribution < 1.29 is 28.2 Å². The van der Waals surface area contributed by atoms with Crippen molar-refractivity contribution >= 4 is 11.9 Å². The van der Waals surface area contributed by atoms with E-state index in [1.165, 1.54) is 13.2 Å². The summed E-state index contributed by atoms with van der Waals surface area (Å²) < 4.78 is 21.1. The number of ether oxygens (including phenoxy) is 3. The molecule has 1 N–H and O–H groups in total. The Labute approximate surface area is 174 Å². The lowest BCUT2D eigenvalue weighted by Crippen LogP contribution is -2.35. The fourth-order valence-corrected chi connectivity index (χ4v) is 2.90. The summed E-state index contributed by atoms with van der Waals surface area (Å²) in [7, 11) is 3.09. The number of hydrogen-bond acceptors (Lipinski definition) is 6. The van der Waals surface area contributed by atoms with Crippen LogP contribution in [0.1, 0.15) is 23.0 Å². The minimum atomic E-state index is -0.994. The van der Waals surface area contributed by atoms with Crippen LogP contribution in [0, 0.1) is 0 Å². The SMILES string of the molecule is COc1ccc(CNC(=O)[C@@H](C)OC(=O)c2occc2-c2ccccc2)cc1OC. The smallest absolute Gasteiger partial charge is 0.375 e. The first-order valence-corrected chi connectivity index (χ1v) is 9.36. The Morgan fingerprint density at radius 3 is 2.43 bits per heavy atom. The van der Waals surface area contributed by atoms with Crippen LogP contribution in [-0.2, 0) is 16.1 Å². The second kappa shape index (κ2) is 9.65. The van der Waals surface area contributed by atoms with Crippen LogP contribution in [0.5, 0.6) is 11.5 Å². The van der Waals surface area contributed by atoms with E-state index in [1.54, 1.807) is 32.4 Å². The number of methoxy groups -OCH3 is 2. The second-order valence-corrected chi connectivity index (χ2v) is 6.48. The van der Waals surface area contributed by atoms with Crippen LogP contribution in [0.4, 0.5) is 0 Å². The molecular weight excluding hydrogens is 386 g/mol. The van der Waals surface area contributed by atoms with E-state index in [0.29, 0.717) is 17.1 Å². The number of benzene rings is 2. The van der Waals surface area contributed by atoms with Crippen molar-refractivity contribution in [2.75, 3.05) is 14.2 Å². The summed E-state index contributed by atoms with van der Waals surface area (Å²) in [5.41, 5.74) is 2.25. The Balaban J connectivity index is 1.60. The summed E-state index contributed by atoms with van der Waals surface area (Å²) in [6, 6.07) is 16.4. The minimum Gasteiger partial charge on any atom is -0.493 e. The highest BCUT2D eigenvalue weighted by molar-refractivity contribution is 5.96. The third kappa shape index (κ3) is 4.81. The second-order valence-electron chi connectivity index (χ2n) is 6.48. The maximum Gasteiger partial charge on any atom is 0.375 e. The summed E-state index contributed by atoms with van der Waals surface area (Å²) in [5, 5.41) is 2.74. The molecule has 0 unspecified atom stereocenters. The Morgan fingerprint density at radius 2 is 1.73 bits per heavy atom. The topological polar surface area (TPSA) is 87.0 Å². The van der Waals surface area contributed by atoms with Gasteiger partial charge in [0.2, 0.25) is 5.76 Å². The average molecular weight is 409 g/mol. The molecule has 1 heterocycles. The molecule has 1 aromatic heterocycles. The molecule has 30 heavy (non-hydrogen) atoms. The van der Waals surface area contributed by atoms with E-state index in [1.807, 2.05) is 36.4 Å². The number of furan rings is 1. The Bertz CT molecular complexity index is 1010. The molecule has 0 radical (unpaired) electrons. The number of rotatable bonds is 8. The van der Waals surface area contributed by atoms with Crippen LogP contribution in [-0.4, -0.2) is 32.2 Å². The molecule has 0 spiro atoms. The molecule has 7 heteroatoms. The van der Waals surface area contributed by atoms with Crippen molar-refractivity contribution in [2.24, 2.45) is 0 Å². The fourth-order valence-electron chi connectivity index (χ4n) is 2.90. The first-order valence-electron chi connectivity index (χ1n) is 9.36. The van der Waals surface area contributed by atoms with E-state index in [4.69, 9.17) is 18.6 Å². The molecule has 7 nitrogen and oxygen atoms in total. The molecule has 1 atom stereocenters. The summed E-state index contributed by atoms with van der Waals surface area (Å²) in [6.45, 7) is 1.75. The number of esters is 1. The van der Waals surface area contributed by atoms with Gasteiger partial charge in [-0.05, 0) is 36.2 Å². The van der Waals surface area contributed by atoms with Crippen molar-refractivity contribution in [3.8, 4) is 22.6 Å². The lowest BCUT2D eigenvalue weighted by atomic mass is 10.1. The number of nitrogens with one attached hydrogen (secondary N) is 1. The summed E-state index contributed by atoms with van der Waals surface area (Å²) in [6.07, 6.45) is 0.423. The van der Waals surface area contributed by atoms with Gasteiger partial charge in [-0.1, -0.05) is 36.4 Å². The molecule has 1 amide bonds. The molecule has 0 aliphatic carbocycles. The molecular formula is C23H23NO6. The highest BCUT2D eigenvalue weighted by atomic mass is 16.6. The van der Waals surface area contributed by atoms with Gasteiger partial charge in [0.15, 0.2) is 17.6 Å².